The monoisotopic (exact) mass is 230 g/mol. The largest absolute Gasteiger partial charge is 0.487 e. The predicted molar refractivity (Wildman–Crippen MR) is 65.6 cm³/mol. The van der Waals surface area contributed by atoms with Gasteiger partial charge in [0.1, 0.15) is 6.07 Å². The maximum atomic E-state index is 8.97. The molecule has 1 fully saturated rings. The van der Waals surface area contributed by atoms with E-state index in [1.807, 2.05) is 0 Å². The molecule has 0 unspecified atom stereocenters. The first-order valence-electron chi connectivity index (χ1n) is 6.11. The Hall–Kier alpha value is -1.56. The minimum atomic E-state index is 0.235. The van der Waals surface area contributed by atoms with Crippen molar-refractivity contribution in [1.29, 1.82) is 5.26 Å². The Morgan fingerprint density at radius 3 is 2.76 bits per heavy atom. The fourth-order valence-electron chi connectivity index (χ4n) is 2.24. The lowest BCUT2D eigenvalue weighted by Gasteiger charge is -2.34. The van der Waals surface area contributed by atoms with Crippen LogP contribution in [0.4, 0.5) is 0 Å². The van der Waals surface area contributed by atoms with Gasteiger partial charge < -0.3 is 4.74 Å². The molecule has 1 aromatic rings. The SMILES string of the molecule is CC1(C)CCC(Oc2cnccc2C#N)CC1. The van der Waals surface area contributed by atoms with E-state index in [9.17, 15) is 0 Å². The molecule has 0 spiro atoms. The summed E-state index contributed by atoms with van der Waals surface area (Å²) in [5.41, 5.74) is 1.01. The molecule has 0 aliphatic heterocycles. The van der Waals surface area contributed by atoms with Gasteiger partial charge in [0.2, 0.25) is 0 Å². The van der Waals surface area contributed by atoms with Crippen LogP contribution in [0.2, 0.25) is 0 Å². The number of nitriles is 1. The van der Waals surface area contributed by atoms with Gasteiger partial charge in [-0.15, -0.1) is 0 Å². The standard InChI is InChI=1S/C14H18N2O/c1-14(2)6-3-12(4-7-14)17-13-10-16-8-5-11(13)9-15/h5,8,10,12H,3-4,6-7H2,1-2H3. The molecule has 1 heterocycles. The molecule has 1 aliphatic rings. The Kier molecular flexibility index (Phi) is 3.33. The van der Waals surface area contributed by atoms with Crippen molar-refractivity contribution in [2.75, 3.05) is 0 Å². The van der Waals surface area contributed by atoms with Crippen molar-refractivity contribution >= 4 is 0 Å². The van der Waals surface area contributed by atoms with Crippen LogP contribution in [-0.2, 0) is 0 Å². The molecule has 17 heavy (non-hydrogen) atoms. The zero-order valence-corrected chi connectivity index (χ0v) is 10.4. The van der Waals surface area contributed by atoms with Gasteiger partial charge in [0, 0.05) is 6.20 Å². The van der Waals surface area contributed by atoms with Crippen molar-refractivity contribution in [2.45, 2.75) is 45.6 Å². The first-order chi connectivity index (χ1) is 8.11. The third kappa shape index (κ3) is 2.97. The Balaban J connectivity index is 2.01. The van der Waals surface area contributed by atoms with Gasteiger partial charge in [-0.3, -0.25) is 4.98 Å². The van der Waals surface area contributed by atoms with Crippen LogP contribution in [0.3, 0.4) is 0 Å². The highest BCUT2D eigenvalue weighted by Crippen LogP contribution is 2.36. The highest BCUT2D eigenvalue weighted by atomic mass is 16.5. The first-order valence-corrected chi connectivity index (χ1v) is 6.11. The molecule has 0 radical (unpaired) electrons. The van der Waals surface area contributed by atoms with Crippen LogP contribution in [0, 0.1) is 16.7 Å². The maximum Gasteiger partial charge on any atom is 0.155 e. The molecule has 1 aromatic heterocycles. The summed E-state index contributed by atoms with van der Waals surface area (Å²) in [5.74, 6) is 0.625. The lowest BCUT2D eigenvalue weighted by Crippen LogP contribution is -2.28. The van der Waals surface area contributed by atoms with Crippen molar-refractivity contribution in [3.8, 4) is 11.8 Å². The number of hydrogen-bond donors (Lipinski definition) is 0. The van der Waals surface area contributed by atoms with Crippen LogP contribution in [0.5, 0.6) is 5.75 Å². The first kappa shape index (κ1) is 11.9. The van der Waals surface area contributed by atoms with Gasteiger partial charge in [-0.05, 0) is 37.2 Å². The second kappa shape index (κ2) is 4.75. The molecular formula is C14H18N2O. The average Bonchev–Trinajstić information content (AvgIpc) is 2.32. The number of aromatic nitrogens is 1. The lowest BCUT2D eigenvalue weighted by molar-refractivity contribution is 0.0982. The van der Waals surface area contributed by atoms with Crippen molar-refractivity contribution in [3.05, 3.63) is 24.0 Å². The molecular weight excluding hydrogens is 212 g/mol. The Labute approximate surface area is 102 Å². The molecule has 1 saturated carbocycles. The minimum absolute atomic E-state index is 0.235. The van der Waals surface area contributed by atoms with Crippen LogP contribution in [-0.4, -0.2) is 11.1 Å². The molecule has 0 atom stereocenters. The van der Waals surface area contributed by atoms with Gasteiger partial charge >= 0.3 is 0 Å². The summed E-state index contributed by atoms with van der Waals surface area (Å²) in [7, 11) is 0. The van der Waals surface area contributed by atoms with E-state index in [2.05, 4.69) is 24.9 Å². The Morgan fingerprint density at radius 2 is 2.12 bits per heavy atom. The number of nitrogens with zero attached hydrogens (tertiary/aromatic N) is 2. The van der Waals surface area contributed by atoms with E-state index in [1.54, 1.807) is 18.5 Å². The summed E-state index contributed by atoms with van der Waals surface area (Å²) in [5, 5.41) is 8.97. The smallest absolute Gasteiger partial charge is 0.155 e. The van der Waals surface area contributed by atoms with Crippen LogP contribution in [0.1, 0.15) is 45.1 Å². The van der Waals surface area contributed by atoms with E-state index in [1.165, 1.54) is 12.8 Å². The molecule has 0 amide bonds. The number of rotatable bonds is 2. The molecule has 0 N–H and O–H groups in total. The zero-order chi connectivity index (χ0) is 12.3. The minimum Gasteiger partial charge on any atom is -0.487 e. The second-order valence-corrected chi connectivity index (χ2v) is 5.47. The van der Waals surface area contributed by atoms with Crippen LogP contribution >= 0.6 is 0 Å². The average molecular weight is 230 g/mol. The molecule has 2 rings (SSSR count). The van der Waals surface area contributed by atoms with Gasteiger partial charge in [-0.25, -0.2) is 0 Å². The molecule has 0 aromatic carbocycles. The van der Waals surface area contributed by atoms with Crippen LogP contribution in [0.25, 0.3) is 0 Å². The third-order valence-corrected chi connectivity index (χ3v) is 3.48. The molecule has 3 heteroatoms. The summed E-state index contributed by atoms with van der Waals surface area (Å²) in [6.07, 6.45) is 7.98. The fourth-order valence-corrected chi connectivity index (χ4v) is 2.24. The quantitative estimate of drug-likeness (QED) is 0.783. The predicted octanol–water partition coefficient (Wildman–Crippen LogP) is 3.30. The number of pyridine rings is 1. The summed E-state index contributed by atoms with van der Waals surface area (Å²) < 4.78 is 5.89. The molecule has 1 aliphatic carbocycles. The molecule has 0 bridgehead atoms. The summed E-state index contributed by atoms with van der Waals surface area (Å²) in [4.78, 5) is 4.01. The molecule has 0 saturated heterocycles. The molecule has 3 nitrogen and oxygen atoms in total. The van der Waals surface area contributed by atoms with E-state index in [4.69, 9.17) is 10.00 Å². The molecule has 90 valence electrons. The normalized spacial score (nSPS) is 19.6. The second-order valence-electron chi connectivity index (χ2n) is 5.47. The van der Waals surface area contributed by atoms with E-state index in [0.717, 1.165) is 12.8 Å². The summed E-state index contributed by atoms with van der Waals surface area (Å²) in [6.45, 7) is 4.60. The zero-order valence-electron chi connectivity index (χ0n) is 10.4. The Morgan fingerprint density at radius 1 is 1.41 bits per heavy atom. The van der Waals surface area contributed by atoms with Gasteiger partial charge in [-0.2, -0.15) is 5.26 Å². The topological polar surface area (TPSA) is 45.9 Å². The fraction of sp³-hybridized carbons (Fsp3) is 0.571. The lowest BCUT2D eigenvalue weighted by atomic mass is 9.76. The summed E-state index contributed by atoms with van der Waals surface area (Å²) in [6, 6.07) is 3.83. The number of hydrogen-bond acceptors (Lipinski definition) is 3. The van der Waals surface area contributed by atoms with Crippen molar-refractivity contribution in [1.82, 2.24) is 4.98 Å². The third-order valence-electron chi connectivity index (χ3n) is 3.48. The van der Waals surface area contributed by atoms with Crippen molar-refractivity contribution < 1.29 is 4.74 Å². The Bertz CT molecular complexity index is 424. The highest BCUT2D eigenvalue weighted by molar-refractivity contribution is 5.40. The van der Waals surface area contributed by atoms with Gasteiger partial charge in [0.05, 0.1) is 17.9 Å². The number of ether oxygens (including phenoxy) is 1. The highest BCUT2D eigenvalue weighted by Gasteiger charge is 2.28. The van der Waals surface area contributed by atoms with E-state index < -0.39 is 0 Å². The van der Waals surface area contributed by atoms with Crippen molar-refractivity contribution in [3.63, 3.8) is 0 Å². The summed E-state index contributed by atoms with van der Waals surface area (Å²) >= 11 is 0. The van der Waals surface area contributed by atoms with E-state index in [-0.39, 0.29) is 6.10 Å². The maximum absolute atomic E-state index is 8.97. The van der Waals surface area contributed by atoms with Crippen LogP contribution in [0.15, 0.2) is 18.5 Å². The van der Waals surface area contributed by atoms with Gasteiger partial charge in [0.25, 0.3) is 0 Å². The van der Waals surface area contributed by atoms with Gasteiger partial charge in [0.15, 0.2) is 5.75 Å². The van der Waals surface area contributed by atoms with E-state index in [0.29, 0.717) is 16.7 Å². The van der Waals surface area contributed by atoms with E-state index >= 15 is 0 Å². The van der Waals surface area contributed by atoms with Crippen LogP contribution < -0.4 is 4.74 Å². The van der Waals surface area contributed by atoms with Crippen molar-refractivity contribution in [2.24, 2.45) is 5.41 Å². The van der Waals surface area contributed by atoms with Gasteiger partial charge in [-0.1, -0.05) is 13.8 Å².